The van der Waals surface area contributed by atoms with Gasteiger partial charge in [-0.15, -0.1) is 0 Å². The van der Waals surface area contributed by atoms with Gasteiger partial charge in [-0.1, -0.05) is 24.3 Å². The molecule has 3 aromatic carbocycles. The molecule has 0 atom stereocenters. The SMILES string of the molecule is COc1ccc(/C=C/C(=O)c2ccc(N3Cc4ccc(OC)c(OC)c4C3=O)cc2)cc1. The predicted molar refractivity (Wildman–Crippen MR) is 123 cm³/mol. The molecule has 1 aliphatic rings. The summed E-state index contributed by atoms with van der Waals surface area (Å²) in [6.45, 7) is 0.430. The minimum absolute atomic E-state index is 0.116. The van der Waals surface area contributed by atoms with Crippen molar-refractivity contribution in [1.82, 2.24) is 0 Å². The second-order valence-electron chi connectivity index (χ2n) is 7.24. The molecule has 6 nitrogen and oxygen atoms in total. The summed E-state index contributed by atoms with van der Waals surface area (Å²) in [6.07, 6.45) is 3.29. The van der Waals surface area contributed by atoms with Crippen LogP contribution in [0.3, 0.4) is 0 Å². The number of hydrogen-bond donors (Lipinski definition) is 0. The highest BCUT2D eigenvalue weighted by Crippen LogP contribution is 2.39. The molecular weight excluding hydrogens is 406 g/mol. The summed E-state index contributed by atoms with van der Waals surface area (Å²) in [5, 5.41) is 0. The number of benzene rings is 3. The standard InChI is InChI=1S/C26H23NO5/c1-30-21-12-4-17(5-13-21)6-14-22(28)18-7-10-20(11-8-18)27-16-19-9-15-23(31-2)25(32-3)24(19)26(27)29/h4-15H,16H2,1-3H3/b14-6+. The van der Waals surface area contributed by atoms with Gasteiger partial charge in [-0.3, -0.25) is 9.59 Å². The Hall–Kier alpha value is -4.06. The summed E-state index contributed by atoms with van der Waals surface area (Å²) in [6, 6.07) is 18.1. The smallest absolute Gasteiger partial charge is 0.262 e. The minimum Gasteiger partial charge on any atom is -0.497 e. The van der Waals surface area contributed by atoms with Crippen molar-refractivity contribution in [2.24, 2.45) is 0 Å². The van der Waals surface area contributed by atoms with Crippen molar-refractivity contribution >= 4 is 23.5 Å². The van der Waals surface area contributed by atoms with Crippen LogP contribution in [0.2, 0.25) is 0 Å². The van der Waals surface area contributed by atoms with Gasteiger partial charge >= 0.3 is 0 Å². The average Bonchev–Trinajstić information content (AvgIpc) is 3.18. The zero-order valence-electron chi connectivity index (χ0n) is 18.1. The van der Waals surface area contributed by atoms with Crippen LogP contribution >= 0.6 is 0 Å². The Morgan fingerprint density at radius 1 is 0.875 bits per heavy atom. The lowest BCUT2D eigenvalue weighted by Gasteiger charge is -2.16. The number of amides is 1. The van der Waals surface area contributed by atoms with Gasteiger partial charge in [0.1, 0.15) is 5.75 Å². The molecule has 1 heterocycles. The molecule has 4 rings (SSSR count). The third-order valence-electron chi connectivity index (χ3n) is 5.43. The molecule has 0 aliphatic carbocycles. The number of methoxy groups -OCH3 is 3. The Morgan fingerprint density at radius 3 is 2.22 bits per heavy atom. The van der Waals surface area contributed by atoms with E-state index in [0.717, 1.165) is 16.9 Å². The van der Waals surface area contributed by atoms with Gasteiger partial charge in [-0.2, -0.15) is 0 Å². The number of carbonyl (C=O) groups is 2. The highest BCUT2D eigenvalue weighted by atomic mass is 16.5. The molecule has 162 valence electrons. The quantitative estimate of drug-likeness (QED) is 0.400. The lowest BCUT2D eigenvalue weighted by Crippen LogP contribution is -2.23. The fourth-order valence-corrected chi connectivity index (χ4v) is 3.71. The van der Waals surface area contributed by atoms with Crippen molar-refractivity contribution in [3.8, 4) is 17.2 Å². The fourth-order valence-electron chi connectivity index (χ4n) is 3.71. The Bertz CT molecular complexity index is 1180. The van der Waals surface area contributed by atoms with Crippen LogP contribution in [0.15, 0.2) is 66.7 Å². The van der Waals surface area contributed by atoms with Crippen LogP contribution in [0.1, 0.15) is 31.8 Å². The number of nitrogens with zero attached hydrogens (tertiary/aromatic N) is 1. The molecule has 1 aliphatic heterocycles. The van der Waals surface area contributed by atoms with E-state index in [1.54, 1.807) is 55.5 Å². The summed E-state index contributed by atoms with van der Waals surface area (Å²) < 4.78 is 15.9. The zero-order valence-corrected chi connectivity index (χ0v) is 18.1. The number of anilines is 1. The first-order valence-electron chi connectivity index (χ1n) is 10.1. The van der Waals surface area contributed by atoms with Crippen LogP contribution < -0.4 is 19.1 Å². The maximum Gasteiger partial charge on any atom is 0.262 e. The molecule has 0 radical (unpaired) electrons. The number of allylic oxidation sites excluding steroid dienone is 1. The molecule has 3 aromatic rings. The van der Waals surface area contributed by atoms with Crippen LogP contribution in [0.25, 0.3) is 6.08 Å². The van der Waals surface area contributed by atoms with E-state index < -0.39 is 0 Å². The summed E-state index contributed by atoms with van der Waals surface area (Å²) in [5.74, 6) is 1.45. The fraction of sp³-hybridized carbons (Fsp3) is 0.154. The lowest BCUT2D eigenvalue weighted by atomic mass is 10.1. The van der Waals surface area contributed by atoms with Crippen LogP contribution in [-0.4, -0.2) is 33.0 Å². The van der Waals surface area contributed by atoms with Crippen LogP contribution in [0, 0.1) is 0 Å². The van der Waals surface area contributed by atoms with E-state index in [1.807, 2.05) is 30.3 Å². The van der Waals surface area contributed by atoms with Gasteiger partial charge in [-0.05, 0) is 59.7 Å². The van der Waals surface area contributed by atoms with E-state index in [1.165, 1.54) is 13.2 Å². The number of carbonyl (C=O) groups excluding carboxylic acids is 2. The summed E-state index contributed by atoms with van der Waals surface area (Å²) in [4.78, 5) is 27.3. The molecule has 32 heavy (non-hydrogen) atoms. The highest BCUT2D eigenvalue weighted by Gasteiger charge is 2.33. The third-order valence-corrected chi connectivity index (χ3v) is 5.43. The molecule has 6 heteroatoms. The molecule has 0 saturated heterocycles. The Labute approximate surface area is 186 Å². The lowest BCUT2D eigenvalue weighted by molar-refractivity contribution is 0.0992. The van der Waals surface area contributed by atoms with Crippen molar-refractivity contribution in [2.75, 3.05) is 26.2 Å². The first-order valence-corrected chi connectivity index (χ1v) is 10.1. The molecule has 1 amide bonds. The molecular formula is C26H23NO5. The summed E-state index contributed by atoms with van der Waals surface area (Å²) >= 11 is 0. The van der Waals surface area contributed by atoms with Crippen molar-refractivity contribution in [1.29, 1.82) is 0 Å². The minimum atomic E-state index is -0.158. The molecule has 0 fully saturated rings. The van der Waals surface area contributed by atoms with Gasteiger partial charge in [0, 0.05) is 11.3 Å². The van der Waals surface area contributed by atoms with Gasteiger partial charge in [0.05, 0.1) is 33.4 Å². The van der Waals surface area contributed by atoms with Gasteiger partial charge in [0.2, 0.25) is 0 Å². The second-order valence-corrected chi connectivity index (χ2v) is 7.24. The Balaban J connectivity index is 1.50. The number of fused-ring (bicyclic) bond motifs is 1. The molecule has 0 spiro atoms. The number of hydrogen-bond acceptors (Lipinski definition) is 5. The monoisotopic (exact) mass is 429 g/mol. The molecule has 0 saturated carbocycles. The molecule has 0 aromatic heterocycles. The van der Waals surface area contributed by atoms with Gasteiger partial charge in [-0.25, -0.2) is 0 Å². The van der Waals surface area contributed by atoms with Gasteiger partial charge in [0.25, 0.3) is 5.91 Å². The first kappa shape index (κ1) is 21.2. The van der Waals surface area contributed by atoms with Gasteiger partial charge < -0.3 is 19.1 Å². The van der Waals surface area contributed by atoms with E-state index in [4.69, 9.17) is 14.2 Å². The predicted octanol–water partition coefficient (Wildman–Crippen LogP) is 4.77. The van der Waals surface area contributed by atoms with Gasteiger partial charge in [0.15, 0.2) is 17.3 Å². The number of ketones is 1. The second kappa shape index (κ2) is 8.98. The van der Waals surface area contributed by atoms with E-state index in [9.17, 15) is 9.59 Å². The zero-order chi connectivity index (χ0) is 22.7. The summed E-state index contributed by atoms with van der Waals surface area (Å²) in [7, 11) is 4.67. The van der Waals surface area contributed by atoms with Crippen molar-refractivity contribution in [3.05, 3.63) is 89.0 Å². The summed E-state index contributed by atoms with van der Waals surface area (Å²) in [5.41, 5.74) is 3.54. The molecule has 0 N–H and O–H groups in total. The van der Waals surface area contributed by atoms with Crippen LogP contribution in [0.5, 0.6) is 17.2 Å². The Morgan fingerprint density at radius 2 is 1.59 bits per heavy atom. The highest BCUT2D eigenvalue weighted by molar-refractivity contribution is 6.12. The van der Waals surface area contributed by atoms with Crippen molar-refractivity contribution in [3.63, 3.8) is 0 Å². The maximum atomic E-state index is 13.1. The molecule has 0 bridgehead atoms. The van der Waals surface area contributed by atoms with E-state index in [2.05, 4.69) is 0 Å². The first-order chi connectivity index (χ1) is 15.5. The molecule has 0 unspecified atom stereocenters. The largest absolute Gasteiger partial charge is 0.497 e. The van der Waals surface area contributed by atoms with Crippen molar-refractivity contribution in [2.45, 2.75) is 6.54 Å². The van der Waals surface area contributed by atoms with Crippen molar-refractivity contribution < 1.29 is 23.8 Å². The van der Waals surface area contributed by atoms with E-state index >= 15 is 0 Å². The Kier molecular flexibility index (Phi) is 5.94. The number of ether oxygens (including phenoxy) is 3. The van der Waals surface area contributed by atoms with Crippen LogP contribution in [0.4, 0.5) is 5.69 Å². The average molecular weight is 429 g/mol. The van der Waals surface area contributed by atoms with E-state index in [0.29, 0.717) is 34.9 Å². The van der Waals surface area contributed by atoms with E-state index in [-0.39, 0.29) is 11.7 Å². The maximum absolute atomic E-state index is 13.1. The third kappa shape index (κ3) is 3.95. The topological polar surface area (TPSA) is 65.1 Å². The number of rotatable bonds is 7. The van der Waals surface area contributed by atoms with Crippen LogP contribution in [-0.2, 0) is 6.54 Å². The normalized spacial score (nSPS) is 12.7.